The number of hydrogen-bond acceptors (Lipinski definition) is 3. The van der Waals surface area contributed by atoms with Crippen molar-refractivity contribution in [2.75, 3.05) is 0 Å². The Bertz CT molecular complexity index is 178. The van der Waals surface area contributed by atoms with Gasteiger partial charge in [0, 0.05) is 18.3 Å². The fourth-order valence-electron chi connectivity index (χ4n) is 2.43. The smallest absolute Gasteiger partial charge is 0.0888 e. The van der Waals surface area contributed by atoms with E-state index in [2.05, 4.69) is 0 Å². The van der Waals surface area contributed by atoms with E-state index in [0.29, 0.717) is 6.42 Å². The molecule has 0 amide bonds. The molecular formula is C9H16O3. The highest BCUT2D eigenvalue weighted by Gasteiger charge is 2.49. The van der Waals surface area contributed by atoms with Crippen molar-refractivity contribution in [2.45, 2.75) is 44.7 Å². The molecule has 2 aliphatic heterocycles. The first-order chi connectivity index (χ1) is 5.61. The minimum atomic E-state index is -0.371. The number of aliphatic hydroxyl groups excluding tert-OH is 2. The zero-order valence-electron chi connectivity index (χ0n) is 7.47. The predicted octanol–water partition coefficient (Wildman–Crippen LogP) is 0.152. The molecule has 0 aromatic heterocycles. The quantitative estimate of drug-likeness (QED) is 0.547. The van der Waals surface area contributed by atoms with Gasteiger partial charge in [0.2, 0.25) is 0 Å². The van der Waals surface area contributed by atoms with Gasteiger partial charge in [-0.1, -0.05) is 13.8 Å². The second-order valence-electron chi connectivity index (χ2n) is 4.15. The van der Waals surface area contributed by atoms with Crippen molar-refractivity contribution in [3.8, 4) is 0 Å². The first-order valence-electron chi connectivity index (χ1n) is 4.63. The third-order valence-corrected chi connectivity index (χ3v) is 3.37. The molecule has 0 spiro atoms. The van der Waals surface area contributed by atoms with Crippen molar-refractivity contribution in [3.05, 3.63) is 0 Å². The van der Waals surface area contributed by atoms with Gasteiger partial charge in [-0.25, -0.2) is 0 Å². The Morgan fingerprint density at radius 2 is 1.83 bits per heavy atom. The number of aliphatic hydroxyl groups is 2. The van der Waals surface area contributed by atoms with Crippen LogP contribution in [-0.4, -0.2) is 34.6 Å². The Morgan fingerprint density at radius 3 is 2.50 bits per heavy atom. The summed E-state index contributed by atoms with van der Waals surface area (Å²) in [6.07, 6.45) is -0.0688. The van der Waals surface area contributed by atoms with Gasteiger partial charge in [0.05, 0.1) is 24.4 Å². The lowest BCUT2D eigenvalue weighted by Gasteiger charge is -2.36. The topological polar surface area (TPSA) is 49.7 Å². The van der Waals surface area contributed by atoms with Crippen molar-refractivity contribution in [3.63, 3.8) is 0 Å². The summed E-state index contributed by atoms with van der Waals surface area (Å²) >= 11 is 0. The molecule has 0 aromatic rings. The van der Waals surface area contributed by atoms with Crippen LogP contribution in [0.1, 0.15) is 20.3 Å². The third-order valence-electron chi connectivity index (χ3n) is 3.37. The van der Waals surface area contributed by atoms with E-state index in [0.717, 1.165) is 0 Å². The van der Waals surface area contributed by atoms with E-state index >= 15 is 0 Å². The van der Waals surface area contributed by atoms with Crippen LogP contribution in [0.15, 0.2) is 0 Å². The van der Waals surface area contributed by atoms with Gasteiger partial charge in [-0.05, 0) is 0 Å². The molecule has 6 atom stereocenters. The van der Waals surface area contributed by atoms with Gasteiger partial charge in [-0.3, -0.25) is 0 Å². The van der Waals surface area contributed by atoms with Gasteiger partial charge in [0.1, 0.15) is 0 Å². The standard InChI is InChI=1S/C9H16O3/c1-4-7-3-6(10)9(12-7)5(2)8(4)11/h4-11H,3H2,1-2H3/t4-,5?,6-,7?,8-,9?/m1/s1. The summed E-state index contributed by atoms with van der Waals surface area (Å²) in [6.45, 7) is 3.93. The van der Waals surface area contributed by atoms with E-state index in [-0.39, 0.29) is 36.3 Å². The van der Waals surface area contributed by atoms with Crippen LogP contribution in [0.25, 0.3) is 0 Å². The lowest BCUT2D eigenvalue weighted by molar-refractivity contribution is -0.138. The molecule has 3 nitrogen and oxygen atoms in total. The van der Waals surface area contributed by atoms with E-state index in [1.165, 1.54) is 0 Å². The van der Waals surface area contributed by atoms with Gasteiger partial charge >= 0.3 is 0 Å². The molecule has 0 aliphatic carbocycles. The van der Waals surface area contributed by atoms with Crippen molar-refractivity contribution < 1.29 is 14.9 Å². The second kappa shape index (κ2) is 2.69. The summed E-state index contributed by atoms with van der Waals surface area (Å²) < 4.78 is 5.59. The van der Waals surface area contributed by atoms with Crippen molar-refractivity contribution in [1.82, 2.24) is 0 Å². The highest BCUT2D eigenvalue weighted by molar-refractivity contribution is 4.97. The van der Waals surface area contributed by atoms with Crippen LogP contribution < -0.4 is 0 Å². The highest BCUT2D eigenvalue weighted by atomic mass is 16.5. The fraction of sp³-hybridized carbons (Fsp3) is 1.00. The maximum absolute atomic E-state index is 9.75. The van der Waals surface area contributed by atoms with Crippen LogP contribution in [0.4, 0.5) is 0 Å². The van der Waals surface area contributed by atoms with Gasteiger partial charge in [0.25, 0.3) is 0 Å². The van der Waals surface area contributed by atoms with Crippen LogP contribution in [0.5, 0.6) is 0 Å². The maximum Gasteiger partial charge on any atom is 0.0888 e. The molecule has 70 valence electrons. The zero-order valence-corrected chi connectivity index (χ0v) is 7.47. The van der Waals surface area contributed by atoms with Gasteiger partial charge in [-0.2, -0.15) is 0 Å². The van der Waals surface area contributed by atoms with Gasteiger partial charge in [-0.15, -0.1) is 0 Å². The molecule has 2 bridgehead atoms. The van der Waals surface area contributed by atoms with Crippen LogP contribution in [0, 0.1) is 11.8 Å². The Hall–Kier alpha value is -0.120. The Labute approximate surface area is 72.3 Å². The molecule has 12 heavy (non-hydrogen) atoms. The molecular weight excluding hydrogens is 156 g/mol. The summed E-state index contributed by atoms with van der Waals surface area (Å²) in [4.78, 5) is 0. The maximum atomic E-state index is 9.75. The average molecular weight is 172 g/mol. The molecule has 2 N–H and O–H groups in total. The second-order valence-corrected chi connectivity index (χ2v) is 4.15. The Morgan fingerprint density at radius 1 is 1.17 bits per heavy atom. The van der Waals surface area contributed by atoms with E-state index in [4.69, 9.17) is 4.74 Å². The summed E-state index contributed by atoms with van der Waals surface area (Å²) in [5.41, 5.74) is 0. The fourth-order valence-corrected chi connectivity index (χ4v) is 2.43. The molecule has 0 aromatic carbocycles. The van der Waals surface area contributed by atoms with E-state index < -0.39 is 0 Å². The summed E-state index contributed by atoms with van der Waals surface area (Å²) in [5.74, 6) is 0.224. The Kier molecular flexibility index (Phi) is 1.90. The minimum Gasteiger partial charge on any atom is -0.392 e. The highest BCUT2D eigenvalue weighted by Crippen LogP contribution is 2.39. The van der Waals surface area contributed by atoms with E-state index in [9.17, 15) is 10.2 Å². The number of rotatable bonds is 0. The summed E-state index contributed by atoms with van der Waals surface area (Å²) in [6, 6.07) is 0. The number of hydrogen-bond donors (Lipinski definition) is 2. The van der Waals surface area contributed by atoms with Crippen molar-refractivity contribution >= 4 is 0 Å². The lowest BCUT2D eigenvalue weighted by atomic mass is 9.87. The van der Waals surface area contributed by atoms with Crippen LogP contribution in [0.2, 0.25) is 0 Å². The van der Waals surface area contributed by atoms with E-state index in [1.807, 2.05) is 13.8 Å². The van der Waals surface area contributed by atoms with Gasteiger partial charge < -0.3 is 14.9 Å². The van der Waals surface area contributed by atoms with Crippen LogP contribution in [-0.2, 0) is 4.74 Å². The van der Waals surface area contributed by atoms with Crippen molar-refractivity contribution in [1.29, 1.82) is 0 Å². The summed E-state index contributed by atoms with van der Waals surface area (Å²) in [7, 11) is 0. The summed E-state index contributed by atoms with van der Waals surface area (Å²) in [5, 5.41) is 19.3. The van der Waals surface area contributed by atoms with Crippen molar-refractivity contribution in [2.24, 2.45) is 11.8 Å². The molecule has 0 radical (unpaired) electrons. The monoisotopic (exact) mass is 172 g/mol. The normalized spacial score (nSPS) is 59.0. The molecule has 2 aliphatic rings. The SMILES string of the molecule is CC1C2OC(C[C@H]2O)[C@@H](C)[C@H]1O. The largest absolute Gasteiger partial charge is 0.392 e. The molecule has 0 saturated carbocycles. The molecule has 2 fully saturated rings. The Balaban J connectivity index is 2.20. The van der Waals surface area contributed by atoms with Crippen LogP contribution in [0.3, 0.4) is 0 Å². The molecule has 2 heterocycles. The molecule has 2 saturated heterocycles. The average Bonchev–Trinajstić information content (AvgIpc) is 2.39. The van der Waals surface area contributed by atoms with Gasteiger partial charge in [0.15, 0.2) is 0 Å². The molecule has 2 rings (SSSR count). The first-order valence-corrected chi connectivity index (χ1v) is 4.63. The minimum absolute atomic E-state index is 0.0637. The lowest BCUT2D eigenvalue weighted by Crippen LogP contribution is -2.45. The van der Waals surface area contributed by atoms with E-state index in [1.54, 1.807) is 0 Å². The zero-order chi connectivity index (χ0) is 8.88. The molecule has 3 unspecified atom stereocenters. The molecule has 3 heteroatoms. The number of ether oxygens (including phenoxy) is 1. The third kappa shape index (κ3) is 1.00. The van der Waals surface area contributed by atoms with Crippen LogP contribution >= 0.6 is 0 Å². The predicted molar refractivity (Wildman–Crippen MR) is 43.6 cm³/mol. The number of fused-ring (bicyclic) bond motifs is 2. The first kappa shape index (κ1) is 8.48.